The maximum atomic E-state index is 8.81. The van der Waals surface area contributed by atoms with Crippen LogP contribution in [0.4, 0.5) is 0 Å². The van der Waals surface area contributed by atoms with Crippen LogP contribution in [0.1, 0.15) is 21.8 Å². The summed E-state index contributed by atoms with van der Waals surface area (Å²) in [6.07, 6.45) is 0. The van der Waals surface area contributed by atoms with Gasteiger partial charge >= 0.3 is 0 Å². The first-order valence-electron chi connectivity index (χ1n) is 4.82. The number of benzene rings is 1. The predicted octanol–water partition coefficient (Wildman–Crippen LogP) is 3.38. The van der Waals surface area contributed by atoms with Gasteiger partial charge in [0, 0.05) is 16.0 Å². The van der Waals surface area contributed by atoms with Crippen LogP contribution in [0.5, 0.6) is 0 Å². The van der Waals surface area contributed by atoms with Gasteiger partial charge in [-0.15, -0.1) is 11.3 Å². The molecule has 2 aromatic rings. The normalized spacial score (nSPS) is 9.24. The summed E-state index contributed by atoms with van der Waals surface area (Å²) in [4.78, 5) is 4.24. The van der Waals surface area contributed by atoms with E-state index in [0.29, 0.717) is 10.6 Å². The molecule has 0 N–H and O–H groups in total. The van der Waals surface area contributed by atoms with Crippen molar-refractivity contribution in [1.82, 2.24) is 4.98 Å². The van der Waals surface area contributed by atoms with Gasteiger partial charge in [-0.1, -0.05) is 17.5 Å². The quantitative estimate of drug-likeness (QED) is 0.680. The molecule has 4 heteroatoms. The van der Waals surface area contributed by atoms with Crippen molar-refractivity contribution in [2.45, 2.75) is 6.92 Å². The average Bonchev–Trinajstić information content (AvgIpc) is 2.72. The average molecular weight is 259 g/mol. The molecule has 0 saturated heterocycles. The molecular formula is C13H7ClN2S. The van der Waals surface area contributed by atoms with Gasteiger partial charge in [-0.2, -0.15) is 5.26 Å². The second kappa shape index (κ2) is 5.01. The van der Waals surface area contributed by atoms with E-state index in [4.69, 9.17) is 16.9 Å². The maximum Gasteiger partial charge on any atom is 0.124 e. The Hall–Kier alpha value is -1.81. The van der Waals surface area contributed by atoms with Crippen molar-refractivity contribution in [3.05, 3.63) is 50.4 Å². The molecule has 0 aliphatic carbocycles. The fourth-order valence-corrected chi connectivity index (χ4v) is 2.06. The molecule has 0 spiro atoms. The minimum Gasteiger partial charge on any atom is -0.233 e. The molecule has 0 radical (unpaired) electrons. The van der Waals surface area contributed by atoms with Gasteiger partial charge in [0.1, 0.15) is 5.69 Å². The first kappa shape index (κ1) is 11.7. The van der Waals surface area contributed by atoms with Gasteiger partial charge < -0.3 is 0 Å². The molecule has 82 valence electrons. The van der Waals surface area contributed by atoms with E-state index in [1.165, 1.54) is 0 Å². The Bertz CT molecular complexity index is 656. The molecule has 0 aliphatic heterocycles. The first-order valence-corrected chi connectivity index (χ1v) is 6.08. The number of halogens is 1. The Balaban J connectivity index is 2.34. The molecule has 2 nitrogen and oxygen atoms in total. The molecule has 0 saturated carbocycles. The minimum absolute atomic E-state index is 0.510. The van der Waals surface area contributed by atoms with Gasteiger partial charge in [0.2, 0.25) is 0 Å². The summed E-state index contributed by atoms with van der Waals surface area (Å²) in [5.74, 6) is 5.89. The Morgan fingerprint density at radius 3 is 2.65 bits per heavy atom. The molecule has 0 bridgehead atoms. The SMILES string of the molecule is Cc1nc(C#Cc2cc(Cl)cc(C#N)c2)cs1. The molecule has 0 atom stereocenters. The van der Waals surface area contributed by atoms with Crippen molar-refractivity contribution in [2.24, 2.45) is 0 Å². The number of rotatable bonds is 0. The third-order valence-electron chi connectivity index (χ3n) is 1.98. The van der Waals surface area contributed by atoms with Gasteiger partial charge in [-0.05, 0) is 31.0 Å². The number of thiazole rings is 1. The van der Waals surface area contributed by atoms with Gasteiger partial charge in [0.25, 0.3) is 0 Å². The smallest absolute Gasteiger partial charge is 0.124 e. The molecule has 1 aromatic carbocycles. The van der Waals surface area contributed by atoms with E-state index in [0.717, 1.165) is 16.3 Å². The summed E-state index contributed by atoms with van der Waals surface area (Å²) in [5, 5.41) is 12.2. The van der Waals surface area contributed by atoms with Gasteiger partial charge in [0.05, 0.1) is 16.6 Å². The largest absolute Gasteiger partial charge is 0.233 e. The van der Waals surface area contributed by atoms with Gasteiger partial charge in [0.15, 0.2) is 0 Å². The third-order valence-corrected chi connectivity index (χ3v) is 2.97. The minimum atomic E-state index is 0.510. The lowest BCUT2D eigenvalue weighted by Crippen LogP contribution is -1.80. The Morgan fingerprint density at radius 1 is 1.24 bits per heavy atom. The number of nitriles is 1. The fraction of sp³-hybridized carbons (Fsp3) is 0.0769. The highest BCUT2D eigenvalue weighted by atomic mass is 35.5. The number of hydrogen-bond acceptors (Lipinski definition) is 3. The maximum absolute atomic E-state index is 8.81. The molecule has 1 aromatic heterocycles. The number of aromatic nitrogens is 1. The van der Waals surface area contributed by atoms with Crippen LogP contribution >= 0.6 is 22.9 Å². The summed E-state index contributed by atoms with van der Waals surface area (Å²) >= 11 is 7.44. The van der Waals surface area contributed by atoms with E-state index in [-0.39, 0.29) is 0 Å². The lowest BCUT2D eigenvalue weighted by atomic mass is 10.1. The third kappa shape index (κ3) is 3.07. The van der Waals surface area contributed by atoms with E-state index in [2.05, 4.69) is 16.8 Å². The van der Waals surface area contributed by atoms with Crippen molar-refractivity contribution in [3.63, 3.8) is 0 Å². The second-order valence-electron chi connectivity index (χ2n) is 3.34. The number of aryl methyl sites for hydroxylation is 1. The van der Waals surface area contributed by atoms with Crippen LogP contribution in [0, 0.1) is 30.1 Å². The van der Waals surface area contributed by atoms with Crippen LogP contribution in [0.25, 0.3) is 0 Å². The molecular weight excluding hydrogens is 252 g/mol. The summed E-state index contributed by atoms with van der Waals surface area (Å²) < 4.78 is 0. The van der Waals surface area contributed by atoms with Crippen LogP contribution in [0.2, 0.25) is 5.02 Å². The van der Waals surface area contributed by atoms with E-state index in [9.17, 15) is 0 Å². The fourth-order valence-electron chi connectivity index (χ4n) is 1.28. The summed E-state index contributed by atoms with van der Waals surface area (Å²) in [5.41, 5.74) is 1.97. The van der Waals surface area contributed by atoms with Gasteiger partial charge in [-0.25, -0.2) is 4.98 Å². The van der Waals surface area contributed by atoms with Crippen LogP contribution in [-0.4, -0.2) is 4.98 Å². The zero-order valence-electron chi connectivity index (χ0n) is 8.99. The van der Waals surface area contributed by atoms with E-state index >= 15 is 0 Å². The van der Waals surface area contributed by atoms with Crippen molar-refractivity contribution in [2.75, 3.05) is 0 Å². The lowest BCUT2D eigenvalue weighted by molar-refractivity contribution is 1.27. The monoisotopic (exact) mass is 258 g/mol. The highest BCUT2D eigenvalue weighted by Gasteiger charge is 1.97. The van der Waals surface area contributed by atoms with E-state index < -0.39 is 0 Å². The van der Waals surface area contributed by atoms with E-state index in [1.54, 1.807) is 29.5 Å². The summed E-state index contributed by atoms with van der Waals surface area (Å²) in [6.45, 7) is 1.93. The highest BCUT2D eigenvalue weighted by Crippen LogP contribution is 2.14. The van der Waals surface area contributed by atoms with Crippen LogP contribution in [0.3, 0.4) is 0 Å². The Morgan fingerprint density at radius 2 is 2.00 bits per heavy atom. The van der Waals surface area contributed by atoms with Crippen molar-refractivity contribution >= 4 is 22.9 Å². The molecule has 0 fully saturated rings. The summed E-state index contributed by atoms with van der Waals surface area (Å²) in [6, 6.07) is 7.09. The van der Waals surface area contributed by atoms with Crippen molar-refractivity contribution in [1.29, 1.82) is 5.26 Å². The summed E-state index contributed by atoms with van der Waals surface area (Å²) in [7, 11) is 0. The molecule has 0 aliphatic rings. The van der Waals surface area contributed by atoms with Crippen molar-refractivity contribution < 1.29 is 0 Å². The molecule has 0 unspecified atom stereocenters. The topological polar surface area (TPSA) is 36.7 Å². The molecule has 2 rings (SSSR count). The van der Waals surface area contributed by atoms with Gasteiger partial charge in [-0.3, -0.25) is 0 Å². The van der Waals surface area contributed by atoms with E-state index in [1.807, 2.05) is 18.4 Å². The zero-order valence-corrected chi connectivity index (χ0v) is 10.6. The zero-order chi connectivity index (χ0) is 12.3. The highest BCUT2D eigenvalue weighted by molar-refractivity contribution is 7.09. The number of hydrogen-bond donors (Lipinski definition) is 0. The predicted molar refractivity (Wildman–Crippen MR) is 69.0 cm³/mol. The lowest BCUT2D eigenvalue weighted by Gasteiger charge is -1.93. The molecule has 17 heavy (non-hydrogen) atoms. The first-order chi connectivity index (χ1) is 8.17. The Kier molecular flexibility index (Phi) is 3.44. The number of nitrogens with zero attached hydrogens (tertiary/aromatic N) is 2. The Labute approximate surface area is 109 Å². The van der Waals surface area contributed by atoms with Crippen LogP contribution < -0.4 is 0 Å². The van der Waals surface area contributed by atoms with Crippen molar-refractivity contribution in [3.8, 4) is 17.9 Å². The molecule has 1 heterocycles. The molecule has 0 amide bonds. The van der Waals surface area contributed by atoms with Crippen LogP contribution in [0.15, 0.2) is 23.6 Å². The van der Waals surface area contributed by atoms with Crippen LogP contribution in [-0.2, 0) is 0 Å². The second-order valence-corrected chi connectivity index (χ2v) is 4.84. The standard InChI is InChI=1S/C13H7ClN2S/c1-9-16-13(8-17-9)3-2-10-4-11(7-15)6-12(14)5-10/h4-6,8H,1H3.